The highest BCUT2D eigenvalue weighted by Gasteiger charge is 2.42. The minimum Gasteiger partial charge on any atom is -0.317 e. The van der Waals surface area contributed by atoms with Crippen molar-refractivity contribution in [1.29, 1.82) is 5.26 Å². The van der Waals surface area contributed by atoms with Crippen LogP contribution in [0, 0.1) is 17.1 Å². The van der Waals surface area contributed by atoms with Crippen LogP contribution in [0.4, 0.5) is 4.39 Å². The lowest BCUT2D eigenvalue weighted by Gasteiger charge is -2.33. The highest BCUT2D eigenvalue weighted by molar-refractivity contribution is 9.10. The van der Waals surface area contributed by atoms with E-state index in [1.807, 2.05) is 0 Å². The molecular weight excluding hydrogens is 311 g/mol. The molecule has 0 aliphatic heterocycles. The largest absolute Gasteiger partial charge is 0.317 e. The Morgan fingerprint density at radius 1 is 1.53 bits per heavy atom. The maximum atomic E-state index is 13.5. The summed E-state index contributed by atoms with van der Waals surface area (Å²) in [4.78, 5) is 14.1. The van der Waals surface area contributed by atoms with Crippen LogP contribution in [0.15, 0.2) is 22.7 Å². The Morgan fingerprint density at radius 3 is 2.63 bits per heavy atom. The number of hydrogen-bond donors (Lipinski definition) is 0. The van der Waals surface area contributed by atoms with Gasteiger partial charge in [0.15, 0.2) is 0 Å². The van der Waals surface area contributed by atoms with Gasteiger partial charge in [-0.2, -0.15) is 5.26 Å². The van der Waals surface area contributed by atoms with Gasteiger partial charge in [0.05, 0.1) is 10.5 Å². The number of carbonyl (C=O) groups is 1. The van der Waals surface area contributed by atoms with Gasteiger partial charge in [0, 0.05) is 11.6 Å². The normalized spacial score (nSPS) is 14.9. The summed E-state index contributed by atoms with van der Waals surface area (Å²) >= 11 is 3.06. The van der Waals surface area contributed by atoms with Gasteiger partial charge in [0.1, 0.15) is 11.4 Å². The number of nitrogens with zero attached hydrogens (tertiary/aromatic N) is 2. The zero-order chi connectivity index (χ0) is 14.2. The fourth-order valence-corrected chi connectivity index (χ4v) is 2.28. The molecule has 1 aliphatic rings. The van der Waals surface area contributed by atoms with Gasteiger partial charge >= 0.3 is 0 Å². The molecule has 3 nitrogen and oxygen atoms in total. The van der Waals surface area contributed by atoms with E-state index in [0.717, 1.165) is 12.8 Å². The molecule has 0 heterocycles. The SMILES string of the molecule is CC(C)(C#N)N(C(=O)c1ccc(Br)c(F)c1)C1CC1. The van der Waals surface area contributed by atoms with Crippen LogP contribution in [0.25, 0.3) is 0 Å². The molecule has 0 saturated heterocycles. The van der Waals surface area contributed by atoms with Gasteiger partial charge in [0.2, 0.25) is 0 Å². The fourth-order valence-electron chi connectivity index (χ4n) is 2.03. The average Bonchev–Trinajstić information content (AvgIpc) is 3.17. The average molecular weight is 325 g/mol. The minimum atomic E-state index is -0.887. The molecule has 1 aromatic carbocycles. The lowest BCUT2D eigenvalue weighted by atomic mass is 10.0. The van der Waals surface area contributed by atoms with Crippen LogP contribution in [0.5, 0.6) is 0 Å². The van der Waals surface area contributed by atoms with E-state index in [1.54, 1.807) is 24.8 Å². The zero-order valence-corrected chi connectivity index (χ0v) is 12.4. The number of nitriles is 1. The molecule has 19 heavy (non-hydrogen) atoms. The van der Waals surface area contributed by atoms with Crippen molar-refractivity contribution in [2.75, 3.05) is 0 Å². The van der Waals surface area contributed by atoms with E-state index in [9.17, 15) is 14.4 Å². The van der Waals surface area contributed by atoms with Crippen molar-refractivity contribution >= 4 is 21.8 Å². The van der Waals surface area contributed by atoms with E-state index >= 15 is 0 Å². The van der Waals surface area contributed by atoms with Crippen LogP contribution in [0.2, 0.25) is 0 Å². The Bertz CT molecular complexity index is 561. The summed E-state index contributed by atoms with van der Waals surface area (Å²) in [7, 11) is 0. The maximum Gasteiger partial charge on any atom is 0.255 e. The molecular formula is C14H14BrFN2O. The van der Waals surface area contributed by atoms with E-state index in [-0.39, 0.29) is 17.5 Å². The van der Waals surface area contributed by atoms with Crippen molar-refractivity contribution in [1.82, 2.24) is 4.90 Å². The molecule has 0 unspecified atom stereocenters. The lowest BCUT2D eigenvalue weighted by Crippen LogP contribution is -2.48. The minimum absolute atomic E-state index is 0.0915. The molecule has 1 aliphatic carbocycles. The Balaban J connectivity index is 2.35. The highest BCUT2D eigenvalue weighted by atomic mass is 79.9. The van der Waals surface area contributed by atoms with Crippen molar-refractivity contribution in [2.45, 2.75) is 38.3 Å². The predicted octanol–water partition coefficient (Wildman–Crippen LogP) is 3.49. The van der Waals surface area contributed by atoms with Crippen LogP contribution in [0.3, 0.4) is 0 Å². The summed E-state index contributed by atoms with van der Waals surface area (Å²) in [6.07, 6.45) is 1.80. The second kappa shape index (κ2) is 4.93. The summed E-state index contributed by atoms with van der Waals surface area (Å²) < 4.78 is 13.8. The summed E-state index contributed by atoms with van der Waals surface area (Å²) in [5.41, 5.74) is -0.613. The Hall–Kier alpha value is -1.41. The van der Waals surface area contributed by atoms with Crippen molar-refractivity contribution in [3.8, 4) is 6.07 Å². The summed E-state index contributed by atoms with van der Waals surface area (Å²) in [6.45, 7) is 3.41. The number of amides is 1. The smallest absolute Gasteiger partial charge is 0.255 e. The van der Waals surface area contributed by atoms with E-state index in [0.29, 0.717) is 4.47 Å². The molecule has 0 aromatic heterocycles. The van der Waals surface area contributed by atoms with Crippen molar-refractivity contribution in [3.05, 3.63) is 34.1 Å². The summed E-state index contributed by atoms with van der Waals surface area (Å²) in [5, 5.41) is 9.21. The molecule has 0 N–H and O–H groups in total. The molecule has 0 spiro atoms. The standard InChI is InChI=1S/C14H14BrFN2O/c1-14(2,8-17)18(10-4-5-10)13(19)9-3-6-11(15)12(16)7-9/h3,6-7,10H,4-5H2,1-2H3. The molecule has 2 rings (SSSR count). The number of hydrogen-bond acceptors (Lipinski definition) is 2. The molecule has 1 aromatic rings. The summed E-state index contributed by atoms with van der Waals surface area (Å²) in [6, 6.07) is 6.51. The third-order valence-corrected chi connectivity index (χ3v) is 3.82. The maximum absolute atomic E-state index is 13.5. The van der Waals surface area contributed by atoms with Crippen molar-refractivity contribution in [3.63, 3.8) is 0 Å². The van der Waals surface area contributed by atoms with E-state index in [1.165, 1.54) is 12.1 Å². The van der Waals surface area contributed by atoms with E-state index in [4.69, 9.17) is 0 Å². The molecule has 0 atom stereocenters. The Labute approximate surface area is 120 Å². The van der Waals surface area contributed by atoms with Gasteiger partial charge in [-0.1, -0.05) is 0 Å². The van der Waals surface area contributed by atoms with Gasteiger partial charge in [-0.05, 0) is 60.8 Å². The molecule has 0 radical (unpaired) electrons. The lowest BCUT2D eigenvalue weighted by molar-refractivity contribution is 0.0614. The summed E-state index contributed by atoms with van der Waals surface area (Å²) in [5.74, 6) is -0.767. The van der Waals surface area contributed by atoms with Gasteiger partial charge in [0.25, 0.3) is 5.91 Å². The van der Waals surface area contributed by atoms with Gasteiger partial charge < -0.3 is 4.90 Å². The Kier molecular flexibility index (Phi) is 3.64. The third-order valence-electron chi connectivity index (χ3n) is 3.17. The zero-order valence-electron chi connectivity index (χ0n) is 10.8. The van der Waals surface area contributed by atoms with Crippen LogP contribution >= 0.6 is 15.9 Å². The number of carbonyl (C=O) groups excluding carboxylic acids is 1. The monoisotopic (exact) mass is 324 g/mol. The van der Waals surface area contributed by atoms with Crippen LogP contribution in [-0.2, 0) is 0 Å². The number of halogens is 2. The van der Waals surface area contributed by atoms with Crippen LogP contribution < -0.4 is 0 Å². The highest BCUT2D eigenvalue weighted by Crippen LogP contribution is 2.34. The molecule has 1 amide bonds. The van der Waals surface area contributed by atoms with Crippen molar-refractivity contribution < 1.29 is 9.18 Å². The molecule has 100 valence electrons. The first-order valence-corrected chi connectivity index (χ1v) is 6.86. The van der Waals surface area contributed by atoms with Crippen molar-refractivity contribution in [2.24, 2.45) is 0 Å². The Morgan fingerprint density at radius 2 is 2.16 bits per heavy atom. The topological polar surface area (TPSA) is 44.1 Å². The quantitative estimate of drug-likeness (QED) is 0.854. The molecule has 1 saturated carbocycles. The molecule has 5 heteroatoms. The first kappa shape index (κ1) is 14.0. The number of rotatable bonds is 3. The van der Waals surface area contributed by atoms with E-state index < -0.39 is 11.4 Å². The van der Waals surface area contributed by atoms with Crippen LogP contribution in [0.1, 0.15) is 37.0 Å². The molecule has 0 bridgehead atoms. The third kappa shape index (κ3) is 2.79. The predicted molar refractivity (Wildman–Crippen MR) is 73.0 cm³/mol. The van der Waals surface area contributed by atoms with Crippen LogP contribution in [-0.4, -0.2) is 22.4 Å². The second-order valence-corrected chi connectivity index (χ2v) is 6.06. The first-order valence-electron chi connectivity index (χ1n) is 6.07. The molecule has 1 fully saturated rings. The fraction of sp³-hybridized carbons (Fsp3) is 0.429. The van der Waals surface area contributed by atoms with E-state index in [2.05, 4.69) is 22.0 Å². The van der Waals surface area contributed by atoms with Gasteiger partial charge in [-0.3, -0.25) is 4.79 Å². The van der Waals surface area contributed by atoms with Gasteiger partial charge in [-0.15, -0.1) is 0 Å². The first-order chi connectivity index (χ1) is 8.86. The van der Waals surface area contributed by atoms with Gasteiger partial charge in [-0.25, -0.2) is 4.39 Å². The number of benzene rings is 1. The second-order valence-electron chi connectivity index (χ2n) is 5.21.